The number of hydrogen-bond donors (Lipinski definition) is 3. The van der Waals surface area contributed by atoms with E-state index in [0.29, 0.717) is 0 Å². The van der Waals surface area contributed by atoms with Gasteiger partial charge < -0.3 is 5.32 Å². The molecule has 2 rings (SSSR count). The van der Waals surface area contributed by atoms with E-state index in [0.717, 1.165) is 11.1 Å². The van der Waals surface area contributed by atoms with Gasteiger partial charge in [0.2, 0.25) is 5.91 Å². The Morgan fingerprint density at radius 1 is 0.905 bits per heavy atom. The first-order chi connectivity index (χ1) is 10.2. The molecule has 2 amide bonds. The Kier molecular flexibility index (Phi) is 5.06. The van der Waals surface area contributed by atoms with E-state index in [4.69, 9.17) is 5.21 Å². The van der Waals surface area contributed by atoms with Gasteiger partial charge in [0, 0.05) is 0 Å². The summed E-state index contributed by atoms with van der Waals surface area (Å²) >= 11 is 0. The summed E-state index contributed by atoms with van der Waals surface area (Å²) in [6.07, 6.45) is 0. The molecule has 2 aromatic carbocycles. The molecule has 0 aliphatic carbocycles. The van der Waals surface area contributed by atoms with Gasteiger partial charge in [-0.15, -0.1) is 0 Å². The fourth-order valence-corrected chi connectivity index (χ4v) is 2.10. The quantitative estimate of drug-likeness (QED) is 0.574. The zero-order chi connectivity index (χ0) is 15.1. The van der Waals surface area contributed by atoms with Gasteiger partial charge in [0.05, 0.1) is 12.5 Å². The van der Waals surface area contributed by atoms with E-state index in [1.165, 1.54) is 5.48 Å². The molecule has 3 N–H and O–H groups in total. The maximum absolute atomic E-state index is 12.4. The topological polar surface area (TPSA) is 78.4 Å². The van der Waals surface area contributed by atoms with Crippen molar-refractivity contribution >= 4 is 11.8 Å². The van der Waals surface area contributed by atoms with Crippen molar-refractivity contribution in [3.05, 3.63) is 71.8 Å². The van der Waals surface area contributed by atoms with Gasteiger partial charge in [-0.2, -0.15) is 0 Å². The summed E-state index contributed by atoms with van der Waals surface area (Å²) < 4.78 is 0. The monoisotopic (exact) mass is 284 g/mol. The van der Waals surface area contributed by atoms with Gasteiger partial charge >= 0.3 is 0 Å². The van der Waals surface area contributed by atoms with Gasteiger partial charge in [-0.3, -0.25) is 14.8 Å². The van der Waals surface area contributed by atoms with Crippen molar-refractivity contribution in [3.63, 3.8) is 0 Å². The molecular formula is C16H16N2O3. The highest BCUT2D eigenvalue weighted by molar-refractivity contribution is 5.90. The number of amides is 2. The molecule has 0 fully saturated rings. The molecule has 0 bridgehead atoms. The summed E-state index contributed by atoms with van der Waals surface area (Å²) in [5, 5.41) is 11.0. The Morgan fingerprint density at radius 3 is 1.81 bits per heavy atom. The summed E-state index contributed by atoms with van der Waals surface area (Å²) in [5.74, 6) is -1.46. The molecule has 0 spiro atoms. The summed E-state index contributed by atoms with van der Waals surface area (Å²) in [6, 6.07) is 18.7. The molecular weight excluding hydrogens is 268 g/mol. The number of hydroxylamine groups is 1. The van der Waals surface area contributed by atoms with Gasteiger partial charge in [-0.1, -0.05) is 60.7 Å². The standard InChI is InChI=1S/C16H16N2O3/c19-14(18-21)11-17-16(20)15(12-7-3-1-4-8-12)13-9-5-2-6-10-13/h1-10,15,21H,11H2,(H,17,20)(H,18,19). The predicted octanol–water partition coefficient (Wildman–Crippen LogP) is 1.44. The molecule has 0 saturated carbocycles. The Hall–Kier alpha value is -2.66. The van der Waals surface area contributed by atoms with Crippen molar-refractivity contribution in [2.45, 2.75) is 5.92 Å². The normalized spacial score (nSPS) is 10.2. The maximum Gasteiger partial charge on any atom is 0.262 e. The van der Waals surface area contributed by atoms with Crippen LogP contribution >= 0.6 is 0 Å². The average molecular weight is 284 g/mol. The van der Waals surface area contributed by atoms with Crippen molar-refractivity contribution < 1.29 is 14.8 Å². The Balaban J connectivity index is 2.25. The van der Waals surface area contributed by atoms with Crippen molar-refractivity contribution in [2.24, 2.45) is 0 Å². The van der Waals surface area contributed by atoms with Crippen LogP contribution in [0.1, 0.15) is 17.0 Å². The molecule has 0 aromatic heterocycles. The molecule has 0 saturated heterocycles. The second-order valence-electron chi connectivity index (χ2n) is 4.51. The number of hydrogen-bond acceptors (Lipinski definition) is 3. The molecule has 0 unspecified atom stereocenters. The number of carbonyl (C=O) groups excluding carboxylic acids is 2. The molecule has 0 heterocycles. The zero-order valence-electron chi connectivity index (χ0n) is 11.3. The van der Waals surface area contributed by atoms with E-state index >= 15 is 0 Å². The molecule has 0 aliphatic rings. The summed E-state index contributed by atoms with van der Waals surface area (Å²) in [6.45, 7) is -0.272. The lowest BCUT2D eigenvalue weighted by Gasteiger charge is -2.17. The smallest absolute Gasteiger partial charge is 0.262 e. The Morgan fingerprint density at radius 2 is 1.38 bits per heavy atom. The summed E-state index contributed by atoms with van der Waals surface area (Å²) in [7, 11) is 0. The third-order valence-electron chi connectivity index (χ3n) is 3.08. The lowest BCUT2D eigenvalue weighted by molar-refractivity contribution is -0.131. The predicted molar refractivity (Wildman–Crippen MR) is 77.7 cm³/mol. The SMILES string of the molecule is O=C(CNC(=O)C(c1ccccc1)c1ccccc1)NO. The highest BCUT2D eigenvalue weighted by Crippen LogP contribution is 2.24. The zero-order valence-corrected chi connectivity index (χ0v) is 11.3. The lowest BCUT2D eigenvalue weighted by atomic mass is 9.90. The number of benzene rings is 2. The maximum atomic E-state index is 12.4. The average Bonchev–Trinajstić information content (AvgIpc) is 2.55. The molecule has 2 aromatic rings. The fourth-order valence-electron chi connectivity index (χ4n) is 2.10. The number of rotatable bonds is 5. The van der Waals surface area contributed by atoms with E-state index < -0.39 is 11.8 Å². The largest absolute Gasteiger partial charge is 0.346 e. The van der Waals surface area contributed by atoms with Crippen LogP contribution in [0, 0.1) is 0 Å². The van der Waals surface area contributed by atoms with Crippen LogP contribution in [0.25, 0.3) is 0 Å². The van der Waals surface area contributed by atoms with Crippen molar-refractivity contribution in [1.29, 1.82) is 0 Å². The molecule has 0 aliphatic heterocycles. The fraction of sp³-hybridized carbons (Fsp3) is 0.125. The van der Waals surface area contributed by atoms with Crippen LogP contribution in [0.15, 0.2) is 60.7 Å². The minimum atomic E-state index is -0.664. The lowest BCUT2D eigenvalue weighted by Crippen LogP contribution is -2.38. The van der Waals surface area contributed by atoms with Crippen LogP contribution in [-0.4, -0.2) is 23.6 Å². The summed E-state index contributed by atoms with van der Waals surface area (Å²) in [5.41, 5.74) is 3.16. The van der Waals surface area contributed by atoms with Crippen molar-refractivity contribution in [2.75, 3.05) is 6.54 Å². The van der Waals surface area contributed by atoms with Crippen molar-refractivity contribution in [1.82, 2.24) is 10.8 Å². The molecule has 5 heteroatoms. The third-order valence-corrected chi connectivity index (χ3v) is 3.08. The van der Waals surface area contributed by atoms with Crippen LogP contribution < -0.4 is 10.8 Å². The van der Waals surface area contributed by atoms with E-state index in [9.17, 15) is 9.59 Å². The molecule has 0 radical (unpaired) electrons. The number of nitrogens with one attached hydrogen (secondary N) is 2. The number of carbonyl (C=O) groups is 2. The van der Waals surface area contributed by atoms with Gasteiger partial charge in [0.15, 0.2) is 0 Å². The van der Waals surface area contributed by atoms with E-state index in [2.05, 4.69) is 5.32 Å². The molecule has 108 valence electrons. The second kappa shape index (κ2) is 7.21. The van der Waals surface area contributed by atoms with Crippen LogP contribution in [0.5, 0.6) is 0 Å². The van der Waals surface area contributed by atoms with Crippen LogP contribution in [0.3, 0.4) is 0 Å². The van der Waals surface area contributed by atoms with Gasteiger partial charge in [0.1, 0.15) is 0 Å². The first-order valence-electron chi connectivity index (χ1n) is 6.53. The second-order valence-corrected chi connectivity index (χ2v) is 4.51. The highest BCUT2D eigenvalue weighted by Gasteiger charge is 2.22. The third kappa shape index (κ3) is 3.90. The first kappa shape index (κ1) is 14.7. The molecule has 0 atom stereocenters. The van der Waals surface area contributed by atoms with E-state index in [1.807, 2.05) is 60.7 Å². The first-order valence-corrected chi connectivity index (χ1v) is 6.53. The highest BCUT2D eigenvalue weighted by atomic mass is 16.5. The Labute approximate surface area is 122 Å². The molecule has 21 heavy (non-hydrogen) atoms. The van der Waals surface area contributed by atoms with E-state index in [1.54, 1.807) is 0 Å². The van der Waals surface area contributed by atoms with Gasteiger partial charge in [-0.25, -0.2) is 5.48 Å². The minimum absolute atomic E-state index is 0.272. The van der Waals surface area contributed by atoms with Crippen LogP contribution in [0.2, 0.25) is 0 Å². The summed E-state index contributed by atoms with van der Waals surface area (Å²) in [4.78, 5) is 23.4. The Bertz CT molecular complexity index is 560. The van der Waals surface area contributed by atoms with Gasteiger partial charge in [0.25, 0.3) is 5.91 Å². The molecule has 5 nitrogen and oxygen atoms in total. The van der Waals surface area contributed by atoms with Crippen LogP contribution in [0.4, 0.5) is 0 Å². The van der Waals surface area contributed by atoms with Crippen LogP contribution in [-0.2, 0) is 9.59 Å². The van der Waals surface area contributed by atoms with Crippen molar-refractivity contribution in [3.8, 4) is 0 Å². The van der Waals surface area contributed by atoms with Gasteiger partial charge in [-0.05, 0) is 11.1 Å². The minimum Gasteiger partial charge on any atom is -0.346 e. The van der Waals surface area contributed by atoms with E-state index in [-0.39, 0.29) is 12.5 Å².